The van der Waals surface area contributed by atoms with Gasteiger partial charge in [0.05, 0.1) is 9.73 Å². The third-order valence-electron chi connectivity index (χ3n) is 2.92. The fraction of sp³-hybridized carbons (Fsp3) is 0.500. The Kier molecular flexibility index (Phi) is 3.32. The summed E-state index contributed by atoms with van der Waals surface area (Å²) in [6.07, 6.45) is 1.79. The molecule has 0 unspecified atom stereocenters. The molecule has 0 N–H and O–H groups in total. The van der Waals surface area contributed by atoms with Crippen molar-refractivity contribution in [2.75, 3.05) is 0 Å². The van der Waals surface area contributed by atoms with Crippen LogP contribution in [-0.4, -0.2) is 15.4 Å². The standard InChI is InChI=1S/C14H19NO2S/c1-14(2,3)13(16)15-18(17,12-9-10-12)11-7-5-4-6-8-11/h4-8,12H,9-10H2,1-3H3/t18-/m1/s1. The number of amides is 1. The molecular formula is C14H19NO2S. The highest BCUT2D eigenvalue weighted by Crippen LogP contribution is 2.36. The fourth-order valence-corrected chi connectivity index (χ4v) is 4.06. The molecule has 0 heterocycles. The second kappa shape index (κ2) is 4.50. The number of carbonyl (C=O) groups is 1. The van der Waals surface area contributed by atoms with Crippen LogP contribution in [0.3, 0.4) is 0 Å². The minimum Gasteiger partial charge on any atom is -0.271 e. The van der Waals surface area contributed by atoms with E-state index in [0.29, 0.717) is 4.90 Å². The summed E-state index contributed by atoms with van der Waals surface area (Å²) in [6, 6.07) is 9.17. The van der Waals surface area contributed by atoms with Crippen LogP contribution in [-0.2, 0) is 14.5 Å². The second-order valence-electron chi connectivity index (χ2n) is 5.73. The van der Waals surface area contributed by atoms with Gasteiger partial charge in [0.15, 0.2) is 0 Å². The molecule has 98 valence electrons. The van der Waals surface area contributed by atoms with E-state index < -0.39 is 15.1 Å². The summed E-state index contributed by atoms with van der Waals surface area (Å²) in [6.45, 7) is 5.41. The van der Waals surface area contributed by atoms with E-state index in [1.165, 1.54) is 0 Å². The van der Waals surface area contributed by atoms with Gasteiger partial charge in [0.25, 0.3) is 5.91 Å². The molecule has 1 fully saturated rings. The van der Waals surface area contributed by atoms with E-state index in [1.54, 1.807) is 32.9 Å². The molecule has 1 atom stereocenters. The van der Waals surface area contributed by atoms with Crippen molar-refractivity contribution in [2.24, 2.45) is 9.78 Å². The predicted octanol–water partition coefficient (Wildman–Crippen LogP) is 3.25. The molecule has 3 nitrogen and oxygen atoms in total. The molecule has 0 spiro atoms. The minimum absolute atomic E-state index is 0.0474. The van der Waals surface area contributed by atoms with Crippen LogP contribution in [0.25, 0.3) is 0 Å². The van der Waals surface area contributed by atoms with E-state index in [1.807, 2.05) is 18.2 Å². The molecule has 0 aromatic heterocycles. The molecule has 1 amide bonds. The summed E-state index contributed by atoms with van der Waals surface area (Å²) in [5, 5.41) is 0.0474. The first-order chi connectivity index (χ1) is 8.34. The Labute approximate surface area is 109 Å². The van der Waals surface area contributed by atoms with Gasteiger partial charge in [0.2, 0.25) is 0 Å². The summed E-state index contributed by atoms with van der Waals surface area (Å²) in [7, 11) is -2.58. The van der Waals surface area contributed by atoms with E-state index >= 15 is 0 Å². The average molecular weight is 265 g/mol. The van der Waals surface area contributed by atoms with Gasteiger partial charge in [0, 0.05) is 15.6 Å². The van der Waals surface area contributed by atoms with Crippen molar-refractivity contribution in [3.8, 4) is 0 Å². The zero-order valence-electron chi connectivity index (χ0n) is 11.1. The minimum atomic E-state index is -2.58. The van der Waals surface area contributed by atoms with Crippen molar-refractivity contribution in [1.82, 2.24) is 0 Å². The van der Waals surface area contributed by atoms with Crippen molar-refractivity contribution in [1.29, 1.82) is 0 Å². The Hall–Kier alpha value is -1.16. The first-order valence-corrected chi connectivity index (χ1v) is 7.77. The molecule has 0 radical (unpaired) electrons. The lowest BCUT2D eigenvalue weighted by atomic mass is 9.96. The van der Waals surface area contributed by atoms with Crippen LogP contribution in [0, 0.1) is 5.41 Å². The van der Waals surface area contributed by atoms with Crippen LogP contribution in [0.15, 0.2) is 39.6 Å². The number of carbonyl (C=O) groups excluding carboxylic acids is 1. The largest absolute Gasteiger partial charge is 0.271 e. The van der Waals surface area contributed by atoms with Crippen molar-refractivity contribution in [3.05, 3.63) is 30.3 Å². The molecule has 1 aromatic carbocycles. The SMILES string of the molecule is CC(C)(C)C(=O)N=[S@@](=O)(c1ccccc1)C1CC1. The van der Waals surface area contributed by atoms with Gasteiger partial charge in [-0.05, 0) is 25.0 Å². The summed E-state index contributed by atoms with van der Waals surface area (Å²) >= 11 is 0. The summed E-state index contributed by atoms with van der Waals surface area (Å²) in [5.41, 5.74) is -0.577. The lowest BCUT2D eigenvalue weighted by molar-refractivity contribution is -0.124. The van der Waals surface area contributed by atoms with E-state index in [4.69, 9.17) is 0 Å². The molecule has 1 aliphatic rings. The molecule has 1 aromatic rings. The molecule has 1 saturated carbocycles. The van der Waals surface area contributed by atoms with Crippen LogP contribution >= 0.6 is 0 Å². The first kappa shape index (κ1) is 13.3. The highest BCUT2D eigenvalue weighted by atomic mass is 32.2. The molecule has 18 heavy (non-hydrogen) atoms. The Morgan fingerprint density at radius 3 is 2.22 bits per heavy atom. The molecule has 0 saturated heterocycles. The van der Waals surface area contributed by atoms with Gasteiger partial charge in [-0.3, -0.25) is 4.79 Å². The van der Waals surface area contributed by atoms with Crippen molar-refractivity contribution < 1.29 is 9.00 Å². The molecule has 0 aliphatic heterocycles. The molecule has 4 heteroatoms. The summed E-state index contributed by atoms with van der Waals surface area (Å²) in [4.78, 5) is 12.7. The summed E-state index contributed by atoms with van der Waals surface area (Å²) < 4.78 is 17.1. The number of hydrogen-bond acceptors (Lipinski definition) is 2. The van der Waals surface area contributed by atoms with Crippen LogP contribution in [0.2, 0.25) is 0 Å². The maximum atomic E-state index is 13.0. The predicted molar refractivity (Wildman–Crippen MR) is 72.8 cm³/mol. The van der Waals surface area contributed by atoms with Gasteiger partial charge in [-0.25, -0.2) is 4.21 Å². The van der Waals surface area contributed by atoms with E-state index in [9.17, 15) is 9.00 Å². The van der Waals surface area contributed by atoms with Gasteiger partial charge in [0.1, 0.15) is 0 Å². The molecular weight excluding hydrogens is 246 g/mol. The zero-order chi connectivity index (χ0) is 13.4. The smallest absolute Gasteiger partial charge is 0.259 e. The monoisotopic (exact) mass is 265 g/mol. The third kappa shape index (κ3) is 2.64. The third-order valence-corrected chi connectivity index (χ3v) is 5.68. The maximum absolute atomic E-state index is 13.0. The van der Waals surface area contributed by atoms with Crippen LogP contribution < -0.4 is 0 Å². The van der Waals surface area contributed by atoms with Gasteiger partial charge < -0.3 is 0 Å². The van der Waals surface area contributed by atoms with E-state index in [2.05, 4.69) is 4.36 Å². The summed E-state index contributed by atoms with van der Waals surface area (Å²) in [5.74, 6) is -0.275. The number of hydrogen-bond donors (Lipinski definition) is 0. The lowest BCUT2D eigenvalue weighted by Gasteiger charge is -2.15. The lowest BCUT2D eigenvalue weighted by Crippen LogP contribution is -2.21. The van der Waals surface area contributed by atoms with Crippen LogP contribution in [0.1, 0.15) is 33.6 Å². The number of nitrogens with zero attached hydrogens (tertiary/aromatic N) is 1. The fourth-order valence-electron chi connectivity index (χ4n) is 1.58. The normalized spacial score (nSPS) is 19.1. The molecule has 2 rings (SSSR count). The first-order valence-electron chi connectivity index (χ1n) is 6.19. The molecule has 0 bridgehead atoms. The van der Waals surface area contributed by atoms with Gasteiger partial charge >= 0.3 is 0 Å². The average Bonchev–Trinajstić information content (AvgIpc) is 3.12. The topological polar surface area (TPSA) is 46.5 Å². The Morgan fingerprint density at radius 1 is 1.22 bits per heavy atom. The molecule has 1 aliphatic carbocycles. The van der Waals surface area contributed by atoms with Crippen LogP contribution in [0.4, 0.5) is 0 Å². The Bertz CT molecular complexity index is 559. The zero-order valence-corrected chi connectivity index (χ0v) is 11.9. The second-order valence-corrected chi connectivity index (χ2v) is 8.19. The van der Waals surface area contributed by atoms with E-state index in [0.717, 1.165) is 12.8 Å². The Morgan fingerprint density at radius 2 is 1.78 bits per heavy atom. The van der Waals surface area contributed by atoms with Gasteiger partial charge in [-0.1, -0.05) is 39.0 Å². The Balaban J connectivity index is 2.50. The highest BCUT2D eigenvalue weighted by Gasteiger charge is 2.37. The maximum Gasteiger partial charge on any atom is 0.259 e. The number of rotatable bonds is 2. The van der Waals surface area contributed by atoms with Gasteiger partial charge in [-0.15, -0.1) is 0 Å². The van der Waals surface area contributed by atoms with Crippen molar-refractivity contribution in [3.63, 3.8) is 0 Å². The number of benzene rings is 1. The van der Waals surface area contributed by atoms with E-state index in [-0.39, 0.29) is 11.2 Å². The van der Waals surface area contributed by atoms with Crippen molar-refractivity contribution >= 4 is 15.6 Å². The highest BCUT2D eigenvalue weighted by molar-refractivity contribution is 7.94. The van der Waals surface area contributed by atoms with Crippen molar-refractivity contribution in [2.45, 2.75) is 43.8 Å². The van der Waals surface area contributed by atoms with Crippen LogP contribution in [0.5, 0.6) is 0 Å². The van der Waals surface area contributed by atoms with Gasteiger partial charge in [-0.2, -0.15) is 4.36 Å². The quantitative estimate of drug-likeness (QED) is 0.824.